The fourth-order valence-electron chi connectivity index (χ4n) is 1.64. The van der Waals surface area contributed by atoms with Gasteiger partial charge in [0.25, 0.3) is 0 Å². The molecule has 2 aromatic rings. The molecule has 3 N–H and O–H groups in total. The van der Waals surface area contributed by atoms with Crippen LogP contribution in [0.25, 0.3) is 0 Å². The Bertz CT molecular complexity index is 493. The van der Waals surface area contributed by atoms with E-state index in [2.05, 4.69) is 25.8 Å². The SMILES string of the molecule is Cc1cc(C(Cc2nnn(C)n2)NN)ccn1. The van der Waals surface area contributed by atoms with Gasteiger partial charge in [0, 0.05) is 18.3 Å². The number of aromatic nitrogens is 5. The average molecular weight is 233 g/mol. The van der Waals surface area contributed by atoms with Gasteiger partial charge in [-0.3, -0.25) is 16.3 Å². The van der Waals surface area contributed by atoms with Gasteiger partial charge in [0.15, 0.2) is 5.82 Å². The Morgan fingerprint density at radius 2 is 2.35 bits per heavy atom. The van der Waals surface area contributed by atoms with E-state index in [-0.39, 0.29) is 6.04 Å². The van der Waals surface area contributed by atoms with Crippen molar-refractivity contribution in [3.05, 3.63) is 35.4 Å². The fraction of sp³-hybridized carbons (Fsp3) is 0.400. The number of hydrogen-bond acceptors (Lipinski definition) is 6. The second-order valence-corrected chi connectivity index (χ2v) is 3.85. The third-order valence-corrected chi connectivity index (χ3v) is 2.46. The minimum Gasteiger partial charge on any atom is -0.271 e. The van der Waals surface area contributed by atoms with Gasteiger partial charge in [-0.15, -0.1) is 10.2 Å². The number of nitrogens with two attached hydrogens (primary N) is 1. The molecule has 0 aliphatic carbocycles. The minimum atomic E-state index is -0.0408. The molecule has 7 nitrogen and oxygen atoms in total. The third-order valence-electron chi connectivity index (χ3n) is 2.46. The Labute approximate surface area is 99.0 Å². The average Bonchev–Trinajstić information content (AvgIpc) is 2.72. The maximum atomic E-state index is 5.56. The fourth-order valence-corrected chi connectivity index (χ4v) is 1.64. The van der Waals surface area contributed by atoms with Crippen molar-refractivity contribution >= 4 is 0 Å². The highest BCUT2D eigenvalue weighted by atomic mass is 15.6. The minimum absolute atomic E-state index is 0.0408. The maximum Gasteiger partial charge on any atom is 0.176 e. The van der Waals surface area contributed by atoms with Crippen LogP contribution in [0, 0.1) is 6.92 Å². The number of nitrogens with zero attached hydrogens (tertiary/aromatic N) is 5. The molecule has 7 heteroatoms. The van der Waals surface area contributed by atoms with Crippen molar-refractivity contribution in [3.63, 3.8) is 0 Å². The molecule has 0 bridgehead atoms. The zero-order valence-corrected chi connectivity index (χ0v) is 9.83. The largest absolute Gasteiger partial charge is 0.271 e. The van der Waals surface area contributed by atoms with Crippen LogP contribution in [-0.2, 0) is 13.5 Å². The molecule has 0 saturated carbocycles. The van der Waals surface area contributed by atoms with Crippen molar-refractivity contribution in [2.75, 3.05) is 0 Å². The first-order chi connectivity index (χ1) is 8.19. The number of aryl methyl sites for hydroxylation is 2. The van der Waals surface area contributed by atoms with Gasteiger partial charge in [0.2, 0.25) is 0 Å². The van der Waals surface area contributed by atoms with Crippen molar-refractivity contribution in [1.82, 2.24) is 30.6 Å². The lowest BCUT2D eigenvalue weighted by molar-refractivity contribution is 0.535. The van der Waals surface area contributed by atoms with E-state index < -0.39 is 0 Å². The molecule has 17 heavy (non-hydrogen) atoms. The molecule has 0 saturated heterocycles. The highest BCUT2D eigenvalue weighted by Gasteiger charge is 2.13. The monoisotopic (exact) mass is 233 g/mol. The van der Waals surface area contributed by atoms with Crippen LogP contribution in [0.1, 0.15) is 23.1 Å². The summed E-state index contributed by atoms with van der Waals surface area (Å²) < 4.78 is 0. The summed E-state index contributed by atoms with van der Waals surface area (Å²) in [5.41, 5.74) is 4.77. The Morgan fingerprint density at radius 1 is 1.53 bits per heavy atom. The molecular formula is C10H15N7. The van der Waals surface area contributed by atoms with Gasteiger partial charge in [-0.1, -0.05) is 0 Å². The van der Waals surface area contributed by atoms with Crippen LogP contribution in [-0.4, -0.2) is 25.2 Å². The summed E-state index contributed by atoms with van der Waals surface area (Å²) in [6.07, 6.45) is 2.35. The molecule has 1 unspecified atom stereocenters. The zero-order valence-electron chi connectivity index (χ0n) is 9.83. The van der Waals surface area contributed by atoms with Crippen LogP contribution in [0.15, 0.2) is 18.3 Å². The topological polar surface area (TPSA) is 94.5 Å². The smallest absolute Gasteiger partial charge is 0.176 e. The Kier molecular flexibility index (Phi) is 3.40. The van der Waals surface area contributed by atoms with E-state index in [9.17, 15) is 0 Å². The quantitative estimate of drug-likeness (QED) is 0.554. The van der Waals surface area contributed by atoms with Crippen LogP contribution in [0.5, 0.6) is 0 Å². The predicted octanol–water partition coefficient (Wildman–Crippen LogP) is -0.339. The lowest BCUT2D eigenvalue weighted by Gasteiger charge is -2.14. The Hall–Kier alpha value is -1.86. The van der Waals surface area contributed by atoms with Crippen LogP contribution < -0.4 is 11.3 Å². The molecule has 0 fully saturated rings. The van der Waals surface area contributed by atoms with Gasteiger partial charge in [-0.05, 0) is 29.8 Å². The molecule has 0 radical (unpaired) electrons. The molecule has 0 amide bonds. The van der Waals surface area contributed by atoms with E-state index in [0.29, 0.717) is 12.2 Å². The van der Waals surface area contributed by atoms with E-state index in [4.69, 9.17) is 5.84 Å². The summed E-state index contributed by atoms with van der Waals surface area (Å²) in [7, 11) is 1.73. The summed E-state index contributed by atoms with van der Waals surface area (Å²) in [6.45, 7) is 1.94. The van der Waals surface area contributed by atoms with Crippen LogP contribution in [0.2, 0.25) is 0 Å². The Morgan fingerprint density at radius 3 is 2.94 bits per heavy atom. The second-order valence-electron chi connectivity index (χ2n) is 3.85. The molecule has 0 spiro atoms. The van der Waals surface area contributed by atoms with Crippen molar-refractivity contribution < 1.29 is 0 Å². The van der Waals surface area contributed by atoms with Crippen molar-refractivity contribution in [2.24, 2.45) is 12.9 Å². The van der Waals surface area contributed by atoms with E-state index in [1.807, 2.05) is 19.1 Å². The summed E-state index contributed by atoms with van der Waals surface area (Å²) in [6, 6.07) is 3.87. The van der Waals surface area contributed by atoms with Gasteiger partial charge < -0.3 is 0 Å². The van der Waals surface area contributed by atoms with Gasteiger partial charge in [0.1, 0.15) is 0 Å². The molecule has 2 aromatic heterocycles. The first-order valence-electron chi connectivity index (χ1n) is 5.30. The van der Waals surface area contributed by atoms with Crippen LogP contribution in [0.3, 0.4) is 0 Å². The highest BCUT2D eigenvalue weighted by Crippen LogP contribution is 2.15. The van der Waals surface area contributed by atoms with Gasteiger partial charge in [-0.25, -0.2) is 0 Å². The summed E-state index contributed by atoms with van der Waals surface area (Å²) in [4.78, 5) is 5.58. The summed E-state index contributed by atoms with van der Waals surface area (Å²) in [5.74, 6) is 6.21. The van der Waals surface area contributed by atoms with Crippen molar-refractivity contribution in [2.45, 2.75) is 19.4 Å². The lowest BCUT2D eigenvalue weighted by atomic mass is 10.0. The predicted molar refractivity (Wildman–Crippen MR) is 61.5 cm³/mol. The van der Waals surface area contributed by atoms with Gasteiger partial charge >= 0.3 is 0 Å². The van der Waals surface area contributed by atoms with E-state index >= 15 is 0 Å². The molecule has 0 aliphatic rings. The van der Waals surface area contributed by atoms with Crippen molar-refractivity contribution in [1.29, 1.82) is 0 Å². The summed E-state index contributed by atoms with van der Waals surface area (Å²) in [5, 5.41) is 11.9. The first kappa shape index (κ1) is 11.6. The van der Waals surface area contributed by atoms with Crippen LogP contribution in [0.4, 0.5) is 0 Å². The molecule has 90 valence electrons. The van der Waals surface area contributed by atoms with Gasteiger partial charge in [0.05, 0.1) is 13.1 Å². The van der Waals surface area contributed by atoms with Gasteiger partial charge in [-0.2, -0.15) is 4.80 Å². The molecule has 2 rings (SSSR count). The number of tetrazole rings is 1. The number of hydrogen-bond donors (Lipinski definition) is 2. The maximum absolute atomic E-state index is 5.56. The third kappa shape index (κ3) is 2.83. The lowest BCUT2D eigenvalue weighted by Crippen LogP contribution is -2.30. The zero-order chi connectivity index (χ0) is 12.3. The normalized spacial score (nSPS) is 12.6. The molecule has 1 atom stereocenters. The molecular weight excluding hydrogens is 218 g/mol. The molecule has 0 aromatic carbocycles. The van der Waals surface area contributed by atoms with E-state index in [0.717, 1.165) is 11.3 Å². The van der Waals surface area contributed by atoms with Crippen molar-refractivity contribution in [3.8, 4) is 0 Å². The second kappa shape index (κ2) is 4.98. The van der Waals surface area contributed by atoms with E-state index in [1.165, 1.54) is 4.80 Å². The first-order valence-corrected chi connectivity index (χ1v) is 5.30. The summed E-state index contributed by atoms with van der Waals surface area (Å²) >= 11 is 0. The Balaban J connectivity index is 2.16. The number of pyridine rings is 1. The number of hydrazine groups is 1. The number of rotatable bonds is 4. The standard InChI is InChI=1S/C10H15N7/c1-7-5-8(3-4-12-7)9(13-11)6-10-14-16-17(2)15-10/h3-5,9,13H,6,11H2,1-2H3. The number of nitrogens with one attached hydrogen (secondary N) is 1. The van der Waals surface area contributed by atoms with Crippen LogP contribution >= 0.6 is 0 Å². The van der Waals surface area contributed by atoms with E-state index in [1.54, 1.807) is 13.2 Å². The molecule has 0 aliphatic heterocycles. The molecule has 2 heterocycles. The highest BCUT2D eigenvalue weighted by molar-refractivity contribution is 5.20.